The summed E-state index contributed by atoms with van der Waals surface area (Å²) in [4.78, 5) is 10.1. The molecule has 0 saturated heterocycles. The molecule has 21 heavy (non-hydrogen) atoms. The van der Waals surface area contributed by atoms with Gasteiger partial charge in [0.1, 0.15) is 6.17 Å². The largest absolute Gasteiger partial charge is 0.370 e. The molecule has 2 atom stereocenters. The summed E-state index contributed by atoms with van der Waals surface area (Å²) in [6.45, 7) is 6.08. The van der Waals surface area contributed by atoms with Crippen molar-refractivity contribution in [1.29, 1.82) is 0 Å². The van der Waals surface area contributed by atoms with Gasteiger partial charge >= 0.3 is 0 Å². The number of aryl methyl sites for hydroxylation is 1. The molecular formula is C14H21N5S2. The van der Waals surface area contributed by atoms with Gasteiger partial charge < -0.3 is 5.73 Å². The number of benzene rings is 1. The Hall–Kier alpha value is -1.34. The van der Waals surface area contributed by atoms with E-state index < -0.39 is 0 Å². The smallest absolute Gasteiger partial charge is 0.213 e. The van der Waals surface area contributed by atoms with Crippen LogP contribution in [0.1, 0.15) is 31.0 Å². The highest BCUT2D eigenvalue weighted by Gasteiger charge is 2.21. The molecule has 1 aliphatic heterocycles. The van der Waals surface area contributed by atoms with Gasteiger partial charge in [-0.1, -0.05) is 24.9 Å². The lowest BCUT2D eigenvalue weighted by molar-refractivity contribution is 0.503. The van der Waals surface area contributed by atoms with Crippen LogP contribution in [0.3, 0.4) is 0 Å². The van der Waals surface area contributed by atoms with Crippen LogP contribution in [0.5, 0.6) is 0 Å². The Labute approximate surface area is 135 Å². The number of hydrogen-bond acceptors (Lipinski definition) is 5. The van der Waals surface area contributed by atoms with Crippen molar-refractivity contribution in [2.45, 2.75) is 37.9 Å². The van der Waals surface area contributed by atoms with E-state index in [1.165, 1.54) is 10.5 Å². The van der Waals surface area contributed by atoms with Gasteiger partial charge in [0, 0.05) is 4.90 Å². The maximum Gasteiger partial charge on any atom is 0.213 e. The second-order valence-electron chi connectivity index (χ2n) is 4.97. The van der Waals surface area contributed by atoms with Gasteiger partial charge in [-0.2, -0.15) is 0 Å². The highest BCUT2D eigenvalue weighted by molar-refractivity contribution is 7.98. The van der Waals surface area contributed by atoms with Gasteiger partial charge in [0.2, 0.25) is 5.96 Å². The molecule has 7 heteroatoms. The number of aliphatic imine (C=N–C) groups is 2. The molecule has 1 aromatic rings. The number of thioether (sulfide) groups is 1. The molecule has 5 nitrogen and oxygen atoms in total. The van der Waals surface area contributed by atoms with Gasteiger partial charge in [-0.15, -0.1) is 11.8 Å². The molecule has 0 bridgehead atoms. The number of thiol groups is 1. The van der Waals surface area contributed by atoms with Gasteiger partial charge in [-0.25, -0.2) is 9.98 Å². The van der Waals surface area contributed by atoms with E-state index in [9.17, 15) is 0 Å². The summed E-state index contributed by atoms with van der Waals surface area (Å²) in [6.07, 6.45) is 1.95. The Balaban J connectivity index is 2.24. The first kappa shape index (κ1) is 16.0. The molecule has 0 spiro atoms. The molecule has 0 aliphatic carbocycles. The van der Waals surface area contributed by atoms with Crippen LogP contribution in [-0.2, 0) is 0 Å². The maximum absolute atomic E-state index is 5.75. The third-order valence-corrected chi connectivity index (χ3v) is 4.78. The molecule has 114 valence electrons. The minimum atomic E-state index is -0.138. The maximum atomic E-state index is 5.75. The minimum Gasteiger partial charge on any atom is -0.370 e. The zero-order valence-corrected chi connectivity index (χ0v) is 14.4. The van der Waals surface area contributed by atoms with Crippen molar-refractivity contribution in [3.8, 4) is 0 Å². The number of nitrogens with one attached hydrogen (secondary N) is 1. The topological polar surface area (TPSA) is 66.0 Å². The van der Waals surface area contributed by atoms with Crippen molar-refractivity contribution in [2.75, 3.05) is 6.26 Å². The molecule has 2 unspecified atom stereocenters. The van der Waals surface area contributed by atoms with Crippen LogP contribution in [0.25, 0.3) is 0 Å². The van der Waals surface area contributed by atoms with E-state index in [4.69, 9.17) is 5.73 Å². The highest BCUT2D eigenvalue weighted by atomic mass is 32.2. The Morgan fingerprint density at radius 2 is 2.24 bits per heavy atom. The molecule has 0 radical (unpaired) electrons. The van der Waals surface area contributed by atoms with E-state index in [1.54, 1.807) is 16.1 Å². The number of hydrogen-bond donors (Lipinski definition) is 3. The standard InChI is InChI=1S/C14H21N5S2/c1-8-7-11(5-6-12(8)21-4)9(2)16-14-18-13(15)17-10(3)19(14)20/h5-7,9-10,20H,1-4H3,(H3,15,16,17,18). The highest BCUT2D eigenvalue weighted by Crippen LogP contribution is 2.25. The second-order valence-corrected chi connectivity index (χ2v) is 6.25. The molecule has 1 aromatic carbocycles. The molecule has 1 aliphatic rings. The van der Waals surface area contributed by atoms with Crippen molar-refractivity contribution >= 4 is 36.5 Å². The van der Waals surface area contributed by atoms with E-state index in [1.807, 2.05) is 6.92 Å². The van der Waals surface area contributed by atoms with Crippen molar-refractivity contribution < 1.29 is 0 Å². The predicted molar refractivity (Wildman–Crippen MR) is 93.9 cm³/mol. The van der Waals surface area contributed by atoms with Gasteiger partial charge in [0.15, 0.2) is 5.96 Å². The first-order valence-electron chi connectivity index (χ1n) is 6.73. The zero-order valence-electron chi connectivity index (χ0n) is 12.7. The zero-order chi connectivity index (χ0) is 15.6. The van der Waals surface area contributed by atoms with Crippen LogP contribution < -0.4 is 11.1 Å². The van der Waals surface area contributed by atoms with E-state index in [0.29, 0.717) is 11.9 Å². The normalized spacial score (nSPS) is 22.0. The fourth-order valence-electron chi connectivity index (χ4n) is 2.15. The third-order valence-electron chi connectivity index (χ3n) is 3.35. The molecule has 0 fully saturated rings. The number of guanidine groups is 2. The molecule has 0 saturated carbocycles. The summed E-state index contributed by atoms with van der Waals surface area (Å²) >= 11 is 6.16. The summed E-state index contributed by atoms with van der Waals surface area (Å²) in [5, 5.41) is 2.96. The van der Waals surface area contributed by atoms with Crippen LogP contribution in [0.2, 0.25) is 0 Å². The Bertz CT molecular complexity index is 585. The lowest BCUT2D eigenvalue weighted by Crippen LogP contribution is -2.51. The predicted octanol–water partition coefficient (Wildman–Crippen LogP) is 2.54. The third kappa shape index (κ3) is 3.65. The van der Waals surface area contributed by atoms with Crippen LogP contribution in [0.4, 0.5) is 0 Å². The van der Waals surface area contributed by atoms with Crippen LogP contribution in [-0.4, -0.2) is 28.6 Å². The van der Waals surface area contributed by atoms with E-state index in [-0.39, 0.29) is 12.2 Å². The van der Waals surface area contributed by atoms with Gasteiger partial charge in [0.25, 0.3) is 0 Å². The first-order valence-corrected chi connectivity index (χ1v) is 8.35. The fraction of sp³-hybridized carbons (Fsp3) is 0.429. The molecule has 1 heterocycles. The summed E-state index contributed by atoms with van der Waals surface area (Å²) < 4.78 is 1.68. The summed E-state index contributed by atoms with van der Waals surface area (Å²) in [5.41, 5.74) is 8.18. The van der Waals surface area contributed by atoms with Gasteiger partial charge in [-0.3, -0.25) is 9.62 Å². The monoisotopic (exact) mass is 323 g/mol. The summed E-state index contributed by atoms with van der Waals surface area (Å²) in [5.74, 6) is 0.991. The lowest BCUT2D eigenvalue weighted by atomic mass is 10.1. The van der Waals surface area contributed by atoms with Gasteiger partial charge in [-0.05, 0) is 44.2 Å². The van der Waals surface area contributed by atoms with E-state index in [2.05, 4.69) is 66.4 Å². The van der Waals surface area contributed by atoms with Crippen molar-refractivity contribution in [3.05, 3.63) is 29.3 Å². The molecule has 3 N–H and O–H groups in total. The van der Waals surface area contributed by atoms with E-state index >= 15 is 0 Å². The number of nitrogens with two attached hydrogens (primary N) is 1. The van der Waals surface area contributed by atoms with Crippen LogP contribution in [0, 0.1) is 6.92 Å². The number of nitrogens with zero attached hydrogens (tertiary/aromatic N) is 3. The average Bonchev–Trinajstić information content (AvgIpc) is 2.44. The Morgan fingerprint density at radius 1 is 1.52 bits per heavy atom. The Morgan fingerprint density at radius 3 is 2.86 bits per heavy atom. The van der Waals surface area contributed by atoms with Crippen molar-refractivity contribution in [1.82, 2.24) is 9.62 Å². The second kappa shape index (κ2) is 6.62. The minimum absolute atomic E-state index is 0.00913. The quantitative estimate of drug-likeness (QED) is 0.591. The van der Waals surface area contributed by atoms with Crippen LogP contribution >= 0.6 is 24.6 Å². The lowest BCUT2D eigenvalue weighted by Gasteiger charge is -2.29. The fourth-order valence-corrected chi connectivity index (χ4v) is 2.89. The summed E-state index contributed by atoms with van der Waals surface area (Å²) in [6, 6.07) is 6.43. The average molecular weight is 323 g/mol. The van der Waals surface area contributed by atoms with E-state index in [0.717, 1.165) is 5.56 Å². The van der Waals surface area contributed by atoms with Gasteiger partial charge in [0.05, 0.1) is 6.04 Å². The summed E-state index contributed by atoms with van der Waals surface area (Å²) in [7, 11) is 0. The number of rotatable bonds is 3. The molecule has 2 rings (SSSR count). The SMILES string of the molecule is CSc1ccc(C(C)N=C2NC(N)=NC(C)N2S)cc1C. The molecule has 0 aromatic heterocycles. The molecular weight excluding hydrogens is 302 g/mol. The Kier molecular flexibility index (Phi) is 5.05. The van der Waals surface area contributed by atoms with Crippen molar-refractivity contribution in [2.24, 2.45) is 15.7 Å². The first-order chi connectivity index (χ1) is 9.92. The molecule has 0 amide bonds. The van der Waals surface area contributed by atoms with Crippen LogP contribution in [0.15, 0.2) is 33.1 Å². The van der Waals surface area contributed by atoms with Crippen molar-refractivity contribution in [3.63, 3.8) is 0 Å².